The van der Waals surface area contributed by atoms with Crippen molar-refractivity contribution < 1.29 is 4.42 Å². The molecule has 0 radical (unpaired) electrons. The van der Waals surface area contributed by atoms with Crippen LogP contribution in [0.25, 0.3) is 61.0 Å². The molecule has 0 saturated carbocycles. The van der Waals surface area contributed by atoms with Gasteiger partial charge in [-0.2, -0.15) is 0 Å². The van der Waals surface area contributed by atoms with Gasteiger partial charge < -0.3 is 9.83 Å². The van der Waals surface area contributed by atoms with Gasteiger partial charge in [0.2, 0.25) is 0 Å². The summed E-state index contributed by atoms with van der Waals surface area (Å²) in [6.45, 7) is 10.3. The van der Waals surface area contributed by atoms with Gasteiger partial charge in [0.05, 0.1) is 11.4 Å². The third-order valence-corrected chi connectivity index (χ3v) is 9.86. The third-order valence-electron chi connectivity index (χ3n) is 9.86. The van der Waals surface area contributed by atoms with Gasteiger partial charge in [-0.1, -0.05) is 152 Å². The minimum absolute atomic E-state index is 0.373. The van der Waals surface area contributed by atoms with Crippen molar-refractivity contribution in [2.45, 2.75) is 33.6 Å². The average Bonchev–Trinajstić information content (AvgIpc) is 3.59. The Morgan fingerprint density at radius 1 is 0.611 bits per heavy atom. The normalized spacial score (nSPS) is 11.3. The maximum Gasteiger partial charge on any atom is 0.135 e. The lowest BCUT2D eigenvalue weighted by Crippen LogP contribution is -2.01. The molecule has 0 aliphatic rings. The lowest BCUT2D eigenvalue weighted by atomic mass is 9.87. The summed E-state index contributed by atoms with van der Waals surface area (Å²) in [5.41, 5.74) is 15.1. The third kappa shape index (κ3) is 7.77. The molecule has 0 saturated heterocycles. The molecule has 54 heavy (non-hydrogen) atoms. The predicted octanol–water partition coefficient (Wildman–Crippen LogP) is 14.0. The van der Waals surface area contributed by atoms with Gasteiger partial charge in [-0.25, -0.2) is 0 Å². The molecular formula is C51H44N2O. The van der Waals surface area contributed by atoms with E-state index in [4.69, 9.17) is 4.42 Å². The van der Waals surface area contributed by atoms with Gasteiger partial charge in [-0.3, -0.25) is 4.99 Å². The molecule has 0 aliphatic heterocycles. The molecule has 3 heteroatoms. The van der Waals surface area contributed by atoms with E-state index < -0.39 is 0 Å². The Bertz CT molecular complexity index is 2610. The van der Waals surface area contributed by atoms with Gasteiger partial charge in [0.25, 0.3) is 0 Å². The molecule has 0 unspecified atom stereocenters. The quantitative estimate of drug-likeness (QED) is 0.150. The van der Waals surface area contributed by atoms with Crippen LogP contribution in [-0.4, -0.2) is 12.4 Å². The maximum atomic E-state index is 9.46. The minimum Gasteiger partial charge on any atom is -0.456 e. The van der Waals surface area contributed by atoms with Crippen molar-refractivity contribution in [3.05, 3.63) is 198 Å². The fraction of sp³-hybridized carbons (Fsp3) is 0.0980. The first-order valence-corrected chi connectivity index (χ1v) is 18.5. The van der Waals surface area contributed by atoms with E-state index in [0.29, 0.717) is 11.4 Å². The SMILES string of the molecule is C=N/C(=C\C(=N)c1cc(-c2ccc3oc4ccccc4c3c2)ccc1-c1ccc(CCC)c(-c2ccccc2C)c1)c1ccccc1.Cc1ccccc1. The van der Waals surface area contributed by atoms with Crippen molar-refractivity contribution in [2.24, 2.45) is 4.99 Å². The highest BCUT2D eigenvalue weighted by Gasteiger charge is 2.16. The van der Waals surface area contributed by atoms with Crippen LogP contribution in [0.2, 0.25) is 0 Å². The van der Waals surface area contributed by atoms with Crippen molar-refractivity contribution in [1.29, 1.82) is 5.41 Å². The van der Waals surface area contributed by atoms with E-state index in [1.54, 1.807) is 0 Å². The van der Waals surface area contributed by atoms with E-state index in [2.05, 4.69) is 123 Å². The average molecular weight is 701 g/mol. The van der Waals surface area contributed by atoms with Gasteiger partial charge in [0.1, 0.15) is 11.2 Å². The molecule has 1 heterocycles. The molecule has 8 rings (SSSR count). The summed E-state index contributed by atoms with van der Waals surface area (Å²) in [6, 6.07) is 56.5. The first kappa shape index (κ1) is 35.8. The molecule has 7 aromatic carbocycles. The van der Waals surface area contributed by atoms with Crippen molar-refractivity contribution >= 4 is 40.1 Å². The van der Waals surface area contributed by atoms with E-state index in [9.17, 15) is 5.41 Å². The highest BCUT2D eigenvalue weighted by atomic mass is 16.3. The maximum absolute atomic E-state index is 9.46. The van der Waals surface area contributed by atoms with Crippen molar-refractivity contribution in [1.82, 2.24) is 0 Å². The van der Waals surface area contributed by atoms with Crippen LogP contribution in [-0.2, 0) is 6.42 Å². The number of rotatable bonds is 9. The second-order valence-corrected chi connectivity index (χ2v) is 13.6. The molecule has 0 atom stereocenters. The highest BCUT2D eigenvalue weighted by Crippen LogP contribution is 2.37. The van der Waals surface area contributed by atoms with Crippen LogP contribution in [0.3, 0.4) is 0 Å². The smallest absolute Gasteiger partial charge is 0.135 e. The number of aryl methyl sites for hydroxylation is 3. The monoisotopic (exact) mass is 700 g/mol. The second-order valence-electron chi connectivity index (χ2n) is 13.6. The van der Waals surface area contributed by atoms with Crippen LogP contribution in [0.1, 0.15) is 41.2 Å². The topological polar surface area (TPSA) is 49.4 Å². The van der Waals surface area contributed by atoms with Gasteiger partial charge in [0.15, 0.2) is 0 Å². The number of benzene rings is 7. The minimum atomic E-state index is 0.373. The van der Waals surface area contributed by atoms with Crippen LogP contribution >= 0.6 is 0 Å². The molecular weight excluding hydrogens is 657 g/mol. The van der Waals surface area contributed by atoms with Gasteiger partial charge >= 0.3 is 0 Å². The van der Waals surface area contributed by atoms with Crippen molar-refractivity contribution in [3.8, 4) is 33.4 Å². The molecule has 0 aliphatic carbocycles. The van der Waals surface area contributed by atoms with Crippen molar-refractivity contribution in [2.75, 3.05) is 0 Å². The van der Waals surface area contributed by atoms with E-state index >= 15 is 0 Å². The first-order valence-electron chi connectivity index (χ1n) is 18.5. The zero-order valence-corrected chi connectivity index (χ0v) is 31.1. The zero-order valence-electron chi connectivity index (χ0n) is 31.1. The van der Waals surface area contributed by atoms with Gasteiger partial charge in [-0.05, 0) is 108 Å². The van der Waals surface area contributed by atoms with Crippen LogP contribution in [0, 0.1) is 19.3 Å². The number of hydrogen-bond acceptors (Lipinski definition) is 3. The molecule has 1 aromatic heterocycles. The fourth-order valence-corrected chi connectivity index (χ4v) is 7.04. The Kier molecular flexibility index (Phi) is 10.9. The molecule has 0 fully saturated rings. The zero-order chi connectivity index (χ0) is 37.4. The summed E-state index contributed by atoms with van der Waals surface area (Å²) in [5, 5.41) is 11.6. The fourth-order valence-electron chi connectivity index (χ4n) is 7.04. The molecule has 0 bridgehead atoms. The number of para-hydroxylation sites is 1. The second kappa shape index (κ2) is 16.4. The van der Waals surface area contributed by atoms with Gasteiger partial charge in [0, 0.05) is 21.9 Å². The molecule has 264 valence electrons. The lowest BCUT2D eigenvalue weighted by Gasteiger charge is -2.17. The van der Waals surface area contributed by atoms with Crippen LogP contribution < -0.4 is 0 Å². The summed E-state index contributed by atoms with van der Waals surface area (Å²) < 4.78 is 6.11. The molecule has 0 spiro atoms. The number of furan rings is 1. The number of nitrogens with zero attached hydrogens (tertiary/aromatic N) is 1. The largest absolute Gasteiger partial charge is 0.456 e. The number of aliphatic imine (C=N–C) groups is 1. The molecule has 0 amide bonds. The number of nitrogens with one attached hydrogen (secondary N) is 1. The van der Waals surface area contributed by atoms with Crippen molar-refractivity contribution in [3.63, 3.8) is 0 Å². The lowest BCUT2D eigenvalue weighted by molar-refractivity contribution is 0.669. The standard InChI is InChI=1S/C44H36N2O.C7H8/c1-4-12-30-19-20-34(27-38(30)35-16-9-8-13-29(35)2)36-23-21-32(25-39(36)41(45)28-42(46-3)31-14-6-5-7-15-31)33-22-24-44-40(26-33)37-17-10-11-18-43(37)47-44;1-7-5-3-2-4-6-7/h5-11,13-28,45H,3-4,12H2,1-2H3;2-6H,1H3/b42-28-,45-41?;. The summed E-state index contributed by atoms with van der Waals surface area (Å²) in [5.74, 6) is 0. The summed E-state index contributed by atoms with van der Waals surface area (Å²) >= 11 is 0. The van der Waals surface area contributed by atoms with Crippen LogP contribution in [0.5, 0.6) is 0 Å². The van der Waals surface area contributed by atoms with E-state index in [1.807, 2.05) is 78.9 Å². The Morgan fingerprint density at radius 3 is 1.98 bits per heavy atom. The molecule has 8 aromatic rings. The van der Waals surface area contributed by atoms with E-state index in [1.165, 1.54) is 27.8 Å². The Balaban J connectivity index is 0.000000579. The Labute approximate surface area is 318 Å². The summed E-state index contributed by atoms with van der Waals surface area (Å²) in [4.78, 5) is 4.32. The number of allylic oxidation sites excluding steroid dienone is 1. The summed E-state index contributed by atoms with van der Waals surface area (Å²) in [7, 11) is 0. The van der Waals surface area contributed by atoms with Crippen LogP contribution in [0.15, 0.2) is 179 Å². The van der Waals surface area contributed by atoms with E-state index in [0.717, 1.165) is 68.2 Å². The molecule has 3 nitrogen and oxygen atoms in total. The summed E-state index contributed by atoms with van der Waals surface area (Å²) in [6.07, 6.45) is 3.90. The predicted molar refractivity (Wildman–Crippen MR) is 231 cm³/mol. The number of hydrogen-bond donors (Lipinski definition) is 1. The molecule has 1 N–H and O–H groups in total. The van der Waals surface area contributed by atoms with Gasteiger partial charge in [-0.15, -0.1) is 0 Å². The highest BCUT2D eigenvalue weighted by molar-refractivity contribution is 6.15. The van der Waals surface area contributed by atoms with E-state index in [-0.39, 0.29) is 0 Å². The Hall–Kier alpha value is -6.58. The first-order chi connectivity index (χ1) is 26.4. The Morgan fingerprint density at radius 2 is 1.26 bits per heavy atom. The number of fused-ring (bicyclic) bond motifs is 3. The van der Waals surface area contributed by atoms with Crippen LogP contribution in [0.4, 0.5) is 0 Å².